The van der Waals surface area contributed by atoms with E-state index in [2.05, 4.69) is 5.32 Å². The molecule has 23 heavy (non-hydrogen) atoms. The number of carbonyl (C=O) groups excluding carboxylic acids is 1. The lowest BCUT2D eigenvalue weighted by atomic mass is 9.73. The van der Waals surface area contributed by atoms with E-state index in [9.17, 15) is 19.1 Å². The summed E-state index contributed by atoms with van der Waals surface area (Å²) in [6.45, 7) is 3.73. The van der Waals surface area contributed by atoms with E-state index in [1.54, 1.807) is 12.1 Å². The second kappa shape index (κ2) is 7.11. The highest BCUT2D eigenvalue weighted by Crippen LogP contribution is 2.34. The molecule has 1 fully saturated rings. The molecular formula is C18H24FNO3. The summed E-state index contributed by atoms with van der Waals surface area (Å²) in [6.07, 6.45) is 3.34. The quantitative estimate of drug-likeness (QED) is 0.872. The van der Waals surface area contributed by atoms with Crippen LogP contribution in [0.25, 0.3) is 0 Å². The number of hydrogen-bond donors (Lipinski definition) is 2. The third-order valence-corrected chi connectivity index (χ3v) is 4.86. The highest BCUT2D eigenvalue weighted by molar-refractivity contribution is 5.80. The second-order valence-corrected chi connectivity index (χ2v) is 6.76. The van der Waals surface area contributed by atoms with E-state index in [0.717, 1.165) is 18.4 Å². The Morgan fingerprint density at radius 1 is 1.35 bits per heavy atom. The maximum Gasteiger partial charge on any atom is 0.308 e. The van der Waals surface area contributed by atoms with Gasteiger partial charge in [0.1, 0.15) is 5.82 Å². The number of benzene rings is 1. The number of halogens is 1. The number of hydrogen-bond acceptors (Lipinski definition) is 2. The minimum atomic E-state index is -0.848. The normalized spacial score (nSPS) is 25.6. The van der Waals surface area contributed by atoms with E-state index >= 15 is 0 Å². The van der Waals surface area contributed by atoms with Crippen LogP contribution in [0.1, 0.15) is 57.4 Å². The van der Waals surface area contributed by atoms with Crippen LogP contribution in [0.5, 0.6) is 0 Å². The molecule has 1 saturated carbocycles. The lowest BCUT2D eigenvalue weighted by Crippen LogP contribution is -2.55. The molecule has 2 rings (SSSR count). The van der Waals surface area contributed by atoms with Gasteiger partial charge in [-0.15, -0.1) is 0 Å². The highest BCUT2D eigenvalue weighted by Gasteiger charge is 2.42. The maximum atomic E-state index is 13.0. The van der Waals surface area contributed by atoms with E-state index in [1.807, 2.05) is 13.8 Å². The van der Waals surface area contributed by atoms with Gasteiger partial charge in [-0.2, -0.15) is 0 Å². The molecule has 1 amide bonds. The number of amides is 1. The maximum absolute atomic E-state index is 13.0. The minimum absolute atomic E-state index is 0.0499. The number of aliphatic carboxylic acids is 1. The largest absolute Gasteiger partial charge is 0.481 e. The molecule has 0 radical (unpaired) electrons. The Bertz CT molecular complexity index is 572. The fraction of sp³-hybridized carbons (Fsp3) is 0.556. The molecule has 3 unspecified atom stereocenters. The van der Waals surface area contributed by atoms with Crippen molar-refractivity contribution < 1.29 is 19.1 Å². The Balaban J connectivity index is 2.00. The van der Waals surface area contributed by atoms with E-state index in [0.29, 0.717) is 12.8 Å². The van der Waals surface area contributed by atoms with E-state index in [1.165, 1.54) is 12.1 Å². The molecule has 0 aliphatic heterocycles. The number of carboxylic acid groups (broad SMARTS) is 1. The van der Waals surface area contributed by atoms with Gasteiger partial charge in [0.25, 0.3) is 0 Å². The molecule has 126 valence electrons. The number of nitrogens with one attached hydrogen (secondary N) is 1. The molecular weight excluding hydrogens is 297 g/mol. The Kier molecular flexibility index (Phi) is 5.39. The van der Waals surface area contributed by atoms with Crippen LogP contribution in [0, 0.1) is 11.7 Å². The van der Waals surface area contributed by atoms with Crippen molar-refractivity contribution >= 4 is 11.9 Å². The van der Waals surface area contributed by atoms with Crippen LogP contribution < -0.4 is 5.32 Å². The molecule has 4 nitrogen and oxygen atoms in total. The third kappa shape index (κ3) is 4.30. The van der Waals surface area contributed by atoms with Crippen molar-refractivity contribution in [1.82, 2.24) is 5.32 Å². The highest BCUT2D eigenvalue weighted by atomic mass is 19.1. The molecule has 1 aliphatic rings. The Labute approximate surface area is 136 Å². The van der Waals surface area contributed by atoms with Gasteiger partial charge in [-0.1, -0.05) is 31.9 Å². The smallest absolute Gasteiger partial charge is 0.308 e. The molecule has 0 aromatic heterocycles. The van der Waals surface area contributed by atoms with Crippen molar-refractivity contribution in [1.29, 1.82) is 0 Å². The summed E-state index contributed by atoms with van der Waals surface area (Å²) < 4.78 is 13.0. The van der Waals surface area contributed by atoms with Gasteiger partial charge in [0, 0.05) is 6.42 Å². The summed E-state index contributed by atoms with van der Waals surface area (Å²) in [5, 5.41) is 12.3. The molecule has 1 aromatic rings. The van der Waals surface area contributed by atoms with Crippen LogP contribution in [0.3, 0.4) is 0 Å². The van der Waals surface area contributed by atoms with Gasteiger partial charge in [-0.3, -0.25) is 9.59 Å². The summed E-state index contributed by atoms with van der Waals surface area (Å²) in [7, 11) is 0. The zero-order chi connectivity index (χ0) is 17.0. The van der Waals surface area contributed by atoms with Crippen LogP contribution >= 0.6 is 0 Å². The molecule has 1 aromatic carbocycles. The molecule has 2 N–H and O–H groups in total. The summed E-state index contributed by atoms with van der Waals surface area (Å²) in [5.74, 6) is -1.90. The number of rotatable bonds is 5. The molecule has 3 atom stereocenters. The summed E-state index contributed by atoms with van der Waals surface area (Å²) in [4.78, 5) is 23.8. The Hall–Kier alpha value is -1.91. The van der Waals surface area contributed by atoms with Crippen LogP contribution in [0.2, 0.25) is 0 Å². The fourth-order valence-electron chi connectivity index (χ4n) is 3.44. The van der Waals surface area contributed by atoms with Crippen molar-refractivity contribution in [3.8, 4) is 0 Å². The molecule has 0 spiro atoms. The van der Waals surface area contributed by atoms with Crippen LogP contribution in [-0.4, -0.2) is 22.5 Å². The third-order valence-electron chi connectivity index (χ3n) is 4.86. The predicted molar refractivity (Wildman–Crippen MR) is 85.6 cm³/mol. The number of carbonyl (C=O) groups is 2. The second-order valence-electron chi connectivity index (χ2n) is 6.76. The minimum Gasteiger partial charge on any atom is -0.481 e. The fourth-order valence-corrected chi connectivity index (χ4v) is 3.44. The molecule has 0 heterocycles. The van der Waals surface area contributed by atoms with E-state index in [4.69, 9.17) is 0 Å². The van der Waals surface area contributed by atoms with E-state index < -0.39 is 17.4 Å². The van der Waals surface area contributed by atoms with Gasteiger partial charge < -0.3 is 10.4 Å². The van der Waals surface area contributed by atoms with Gasteiger partial charge in [-0.25, -0.2) is 4.39 Å². The predicted octanol–water partition coefficient (Wildman–Crippen LogP) is 3.47. The van der Waals surface area contributed by atoms with Crippen molar-refractivity contribution in [2.75, 3.05) is 0 Å². The van der Waals surface area contributed by atoms with Crippen LogP contribution in [0.4, 0.5) is 4.39 Å². The van der Waals surface area contributed by atoms with Gasteiger partial charge in [0.2, 0.25) is 5.91 Å². The van der Waals surface area contributed by atoms with Crippen molar-refractivity contribution in [3.05, 3.63) is 35.6 Å². The Morgan fingerprint density at radius 3 is 2.61 bits per heavy atom. The van der Waals surface area contributed by atoms with Gasteiger partial charge >= 0.3 is 5.97 Å². The first kappa shape index (κ1) is 17.4. The average molecular weight is 321 g/mol. The standard InChI is InChI=1S/C18H24FNO3/c1-12(13-6-8-14(19)9-7-13)11-16(21)20-18(2)10-4-3-5-15(18)17(22)23/h6-9,12,15H,3-5,10-11H2,1-2H3,(H,20,21)(H,22,23). The lowest BCUT2D eigenvalue weighted by molar-refractivity contribution is -0.146. The molecule has 0 saturated heterocycles. The molecule has 5 heteroatoms. The summed E-state index contributed by atoms with van der Waals surface area (Å²) >= 11 is 0. The first-order chi connectivity index (χ1) is 10.8. The first-order valence-corrected chi connectivity index (χ1v) is 8.11. The zero-order valence-electron chi connectivity index (χ0n) is 13.6. The zero-order valence-corrected chi connectivity index (χ0v) is 13.6. The molecule has 0 bridgehead atoms. The van der Waals surface area contributed by atoms with Gasteiger partial charge in [0.05, 0.1) is 11.5 Å². The SMILES string of the molecule is CC(CC(=O)NC1(C)CCCCC1C(=O)O)c1ccc(F)cc1. The molecule has 1 aliphatic carbocycles. The van der Waals surface area contributed by atoms with Crippen molar-refractivity contribution in [2.45, 2.75) is 57.4 Å². The summed E-state index contributed by atoms with van der Waals surface area (Å²) in [5.41, 5.74) is 0.203. The van der Waals surface area contributed by atoms with Crippen molar-refractivity contribution in [3.63, 3.8) is 0 Å². The van der Waals surface area contributed by atoms with Crippen molar-refractivity contribution in [2.24, 2.45) is 5.92 Å². The van der Waals surface area contributed by atoms with Gasteiger partial charge in [-0.05, 0) is 43.4 Å². The average Bonchev–Trinajstić information content (AvgIpc) is 2.47. The topological polar surface area (TPSA) is 66.4 Å². The summed E-state index contributed by atoms with van der Waals surface area (Å²) in [6, 6.07) is 6.12. The monoisotopic (exact) mass is 321 g/mol. The van der Waals surface area contributed by atoms with E-state index in [-0.39, 0.29) is 24.1 Å². The lowest BCUT2D eigenvalue weighted by Gasteiger charge is -2.40. The number of carboxylic acids is 1. The van der Waals surface area contributed by atoms with Crippen LogP contribution in [0.15, 0.2) is 24.3 Å². The van der Waals surface area contributed by atoms with Crippen LogP contribution in [-0.2, 0) is 9.59 Å². The first-order valence-electron chi connectivity index (χ1n) is 8.11. The Morgan fingerprint density at radius 2 is 2.00 bits per heavy atom. The van der Waals surface area contributed by atoms with Gasteiger partial charge in [0.15, 0.2) is 0 Å².